The van der Waals surface area contributed by atoms with E-state index in [4.69, 9.17) is 16.3 Å². The molecule has 1 fully saturated rings. The molecule has 0 aliphatic carbocycles. The third kappa shape index (κ3) is 2.09. The van der Waals surface area contributed by atoms with E-state index < -0.39 is 9.84 Å². The summed E-state index contributed by atoms with van der Waals surface area (Å²) in [6.07, 6.45) is 0.481. The van der Waals surface area contributed by atoms with Gasteiger partial charge in [0.2, 0.25) is 0 Å². The molecule has 1 saturated heterocycles. The molecule has 17 heavy (non-hydrogen) atoms. The van der Waals surface area contributed by atoms with Crippen LogP contribution in [0.5, 0.6) is 5.75 Å². The lowest BCUT2D eigenvalue weighted by molar-refractivity contribution is 0.167. The van der Waals surface area contributed by atoms with Crippen molar-refractivity contribution in [2.24, 2.45) is 0 Å². The number of benzene rings is 1. The Morgan fingerprint density at radius 1 is 1.41 bits per heavy atom. The summed E-state index contributed by atoms with van der Waals surface area (Å²) < 4.78 is 28.9. The van der Waals surface area contributed by atoms with Crippen LogP contribution in [0.1, 0.15) is 6.42 Å². The van der Waals surface area contributed by atoms with Crippen LogP contribution in [-0.4, -0.2) is 32.1 Å². The van der Waals surface area contributed by atoms with Crippen LogP contribution in [0.15, 0.2) is 18.2 Å². The topological polar surface area (TPSA) is 55.4 Å². The van der Waals surface area contributed by atoms with E-state index >= 15 is 0 Å². The summed E-state index contributed by atoms with van der Waals surface area (Å²) in [4.78, 5) is 0. The summed E-state index contributed by atoms with van der Waals surface area (Å²) >= 11 is 5.89. The first kappa shape index (κ1) is 11.2. The first-order chi connectivity index (χ1) is 8.03. The van der Waals surface area contributed by atoms with E-state index in [0.29, 0.717) is 11.4 Å². The second kappa shape index (κ2) is 3.78. The lowest BCUT2D eigenvalue weighted by Crippen LogP contribution is -2.50. The van der Waals surface area contributed by atoms with Gasteiger partial charge in [-0.05, 0) is 18.2 Å². The molecule has 1 aromatic rings. The molecule has 1 N–H and O–H groups in total. The van der Waals surface area contributed by atoms with Gasteiger partial charge in [0.05, 0.1) is 23.2 Å². The number of hydrogen-bond donors (Lipinski definition) is 1. The highest BCUT2D eigenvalue weighted by atomic mass is 35.5. The smallest absolute Gasteiger partial charge is 0.152 e. The Labute approximate surface area is 105 Å². The van der Waals surface area contributed by atoms with E-state index in [1.165, 1.54) is 0 Å². The van der Waals surface area contributed by atoms with Crippen LogP contribution >= 0.6 is 11.6 Å². The van der Waals surface area contributed by atoms with Gasteiger partial charge in [0, 0.05) is 11.4 Å². The normalized spacial score (nSPS) is 29.5. The van der Waals surface area contributed by atoms with Crippen molar-refractivity contribution in [2.45, 2.75) is 18.6 Å². The number of sulfone groups is 1. The van der Waals surface area contributed by atoms with Gasteiger partial charge in [0.25, 0.3) is 0 Å². The van der Waals surface area contributed by atoms with Crippen LogP contribution in [0.25, 0.3) is 0 Å². The minimum absolute atomic E-state index is 0.0628. The van der Waals surface area contributed by atoms with Gasteiger partial charge in [-0.25, -0.2) is 8.42 Å². The first-order valence-corrected chi connectivity index (χ1v) is 7.67. The molecule has 3 rings (SSSR count). The lowest BCUT2D eigenvalue weighted by Gasteiger charge is -2.37. The molecule has 1 aromatic carbocycles. The van der Waals surface area contributed by atoms with Gasteiger partial charge in [0.1, 0.15) is 11.9 Å². The molecule has 4 nitrogen and oxygen atoms in total. The molecule has 2 aliphatic rings. The quantitative estimate of drug-likeness (QED) is 0.782. The summed E-state index contributed by atoms with van der Waals surface area (Å²) in [7, 11) is -2.94. The van der Waals surface area contributed by atoms with Gasteiger partial charge in [-0.1, -0.05) is 11.6 Å². The molecule has 0 amide bonds. The van der Waals surface area contributed by atoms with Crippen LogP contribution in [0.4, 0.5) is 5.69 Å². The predicted octanol–water partition coefficient (Wildman–Crippen LogP) is 1.70. The zero-order valence-electron chi connectivity index (χ0n) is 9.02. The molecule has 0 spiro atoms. The zero-order chi connectivity index (χ0) is 12.0. The Kier molecular flexibility index (Phi) is 2.48. The van der Waals surface area contributed by atoms with Crippen LogP contribution in [0, 0.1) is 0 Å². The average Bonchev–Trinajstić information content (AvgIpc) is 2.25. The van der Waals surface area contributed by atoms with E-state index in [-0.39, 0.29) is 23.7 Å². The standard InChI is InChI=1S/C11H12ClNO3S/c12-7-1-2-10-8(5-7)13-9-6-17(14,15)4-3-11(9)16-10/h1-2,5,9,11,13H,3-4,6H2. The molecular weight excluding hydrogens is 262 g/mol. The second-order valence-corrected chi connectivity index (χ2v) is 7.12. The van der Waals surface area contributed by atoms with Crippen LogP contribution in [0.2, 0.25) is 5.02 Å². The Morgan fingerprint density at radius 3 is 3.06 bits per heavy atom. The van der Waals surface area contributed by atoms with E-state index in [1.807, 2.05) is 6.07 Å². The van der Waals surface area contributed by atoms with Gasteiger partial charge < -0.3 is 10.1 Å². The largest absolute Gasteiger partial charge is 0.486 e. The fraction of sp³-hybridized carbons (Fsp3) is 0.455. The third-order valence-electron chi connectivity index (χ3n) is 3.16. The molecule has 0 aromatic heterocycles. The fourth-order valence-electron chi connectivity index (χ4n) is 2.32. The monoisotopic (exact) mass is 273 g/mol. The molecule has 92 valence electrons. The summed E-state index contributed by atoms with van der Waals surface area (Å²) in [5.74, 6) is 1.08. The Morgan fingerprint density at radius 2 is 2.24 bits per heavy atom. The van der Waals surface area contributed by atoms with Crippen molar-refractivity contribution < 1.29 is 13.2 Å². The van der Waals surface area contributed by atoms with E-state index in [0.717, 1.165) is 11.4 Å². The van der Waals surface area contributed by atoms with E-state index in [2.05, 4.69) is 5.32 Å². The minimum Gasteiger partial charge on any atom is -0.486 e. The van der Waals surface area contributed by atoms with Crippen molar-refractivity contribution in [2.75, 3.05) is 16.8 Å². The summed E-state index contributed by atoms with van der Waals surface area (Å²) in [6, 6.07) is 5.17. The van der Waals surface area contributed by atoms with Crippen molar-refractivity contribution in [3.63, 3.8) is 0 Å². The molecule has 6 heteroatoms. The van der Waals surface area contributed by atoms with E-state index in [1.54, 1.807) is 12.1 Å². The average molecular weight is 274 g/mol. The summed E-state index contributed by atoms with van der Waals surface area (Å²) in [5, 5.41) is 3.82. The molecule has 0 saturated carbocycles. The number of hydrogen-bond acceptors (Lipinski definition) is 4. The maximum absolute atomic E-state index is 11.6. The Balaban J connectivity index is 1.93. The third-order valence-corrected chi connectivity index (χ3v) is 5.12. The summed E-state index contributed by atoms with van der Waals surface area (Å²) in [6.45, 7) is 0. The van der Waals surface area contributed by atoms with Crippen LogP contribution in [0.3, 0.4) is 0 Å². The highest BCUT2D eigenvalue weighted by Gasteiger charge is 2.37. The molecule has 2 heterocycles. The molecule has 2 atom stereocenters. The summed E-state index contributed by atoms with van der Waals surface area (Å²) in [5.41, 5.74) is 0.774. The van der Waals surface area contributed by atoms with E-state index in [9.17, 15) is 8.42 Å². The van der Waals surface area contributed by atoms with Crippen LogP contribution in [-0.2, 0) is 9.84 Å². The van der Waals surface area contributed by atoms with Gasteiger partial charge in [-0.2, -0.15) is 0 Å². The molecule has 0 radical (unpaired) electrons. The van der Waals surface area contributed by atoms with Gasteiger partial charge >= 0.3 is 0 Å². The van der Waals surface area contributed by atoms with Crippen LogP contribution < -0.4 is 10.1 Å². The number of fused-ring (bicyclic) bond motifs is 2. The predicted molar refractivity (Wildman–Crippen MR) is 66.5 cm³/mol. The second-order valence-electron chi connectivity index (χ2n) is 4.45. The van der Waals surface area contributed by atoms with Crippen molar-refractivity contribution >= 4 is 27.1 Å². The highest BCUT2D eigenvalue weighted by Crippen LogP contribution is 2.36. The maximum Gasteiger partial charge on any atom is 0.152 e. The molecule has 0 bridgehead atoms. The van der Waals surface area contributed by atoms with Gasteiger partial charge in [0.15, 0.2) is 9.84 Å². The molecular formula is C11H12ClNO3S. The highest BCUT2D eigenvalue weighted by molar-refractivity contribution is 7.91. The van der Waals surface area contributed by atoms with Gasteiger partial charge in [-0.15, -0.1) is 0 Å². The van der Waals surface area contributed by atoms with Gasteiger partial charge in [-0.3, -0.25) is 0 Å². The number of nitrogens with one attached hydrogen (secondary N) is 1. The lowest BCUT2D eigenvalue weighted by atomic mass is 10.1. The Bertz CT molecular complexity index is 558. The molecule has 2 aliphatic heterocycles. The number of anilines is 1. The minimum atomic E-state index is -2.94. The number of rotatable bonds is 0. The number of halogens is 1. The first-order valence-electron chi connectivity index (χ1n) is 5.47. The van der Waals surface area contributed by atoms with Crippen molar-refractivity contribution in [1.82, 2.24) is 0 Å². The van der Waals surface area contributed by atoms with Crippen molar-refractivity contribution in [3.8, 4) is 5.75 Å². The molecule has 2 unspecified atom stereocenters. The van der Waals surface area contributed by atoms with Crippen molar-refractivity contribution in [1.29, 1.82) is 0 Å². The van der Waals surface area contributed by atoms with Crippen molar-refractivity contribution in [3.05, 3.63) is 23.2 Å². The maximum atomic E-state index is 11.6. The zero-order valence-corrected chi connectivity index (χ0v) is 10.6. The fourth-order valence-corrected chi connectivity index (χ4v) is 4.09. The number of ether oxygens (including phenoxy) is 1. The SMILES string of the molecule is O=S1(=O)CCC2Oc3ccc(Cl)cc3NC2C1. The Hall–Kier alpha value is -0.940.